The van der Waals surface area contributed by atoms with E-state index in [1.165, 1.54) is 0 Å². The summed E-state index contributed by atoms with van der Waals surface area (Å²) in [6, 6.07) is 7.32. The third-order valence-corrected chi connectivity index (χ3v) is 3.41. The lowest BCUT2D eigenvalue weighted by Gasteiger charge is -2.28. The zero-order valence-corrected chi connectivity index (χ0v) is 9.74. The molecule has 2 rings (SSSR count). The highest BCUT2D eigenvalue weighted by Crippen LogP contribution is 2.31. The maximum atomic E-state index is 11.9. The van der Waals surface area contributed by atoms with Gasteiger partial charge in [-0.25, -0.2) is 0 Å². The van der Waals surface area contributed by atoms with Crippen molar-refractivity contribution in [1.82, 2.24) is 0 Å². The lowest BCUT2D eigenvalue weighted by atomic mass is 9.99. The van der Waals surface area contributed by atoms with Crippen molar-refractivity contribution in [3.63, 3.8) is 0 Å². The molecular weight excluding hydrogens is 256 g/mol. The molecule has 2 nitrogen and oxygen atoms in total. The molecule has 0 fully saturated rings. The van der Waals surface area contributed by atoms with Gasteiger partial charge in [0.1, 0.15) is 16.7 Å². The second-order valence-electron chi connectivity index (χ2n) is 3.44. The average Bonchev–Trinajstić information content (AvgIpc) is 2.26. The first-order valence-corrected chi connectivity index (χ1v) is 5.70. The van der Waals surface area contributed by atoms with Crippen molar-refractivity contribution in [2.45, 2.75) is 17.4 Å². The van der Waals surface area contributed by atoms with Crippen LogP contribution in [-0.4, -0.2) is 16.7 Å². The number of carbonyl (C=O) groups is 1. The van der Waals surface area contributed by atoms with Crippen LogP contribution in [0.5, 0.6) is 5.75 Å². The highest BCUT2D eigenvalue weighted by atomic mass is 79.9. The van der Waals surface area contributed by atoms with Crippen molar-refractivity contribution < 1.29 is 9.53 Å². The van der Waals surface area contributed by atoms with Crippen LogP contribution in [0.4, 0.5) is 0 Å². The van der Waals surface area contributed by atoms with Crippen LogP contribution in [0.2, 0.25) is 0 Å². The van der Waals surface area contributed by atoms with E-state index < -0.39 is 0 Å². The number of rotatable bonds is 2. The molecule has 3 heteroatoms. The zero-order chi connectivity index (χ0) is 10.8. The Hall–Kier alpha value is -1.09. The van der Waals surface area contributed by atoms with Crippen LogP contribution in [0.1, 0.15) is 16.8 Å². The van der Waals surface area contributed by atoms with Crippen LogP contribution < -0.4 is 4.74 Å². The maximum Gasteiger partial charge on any atom is 0.183 e. The fourth-order valence-electron chi connectivity index (χ4n) is 1.65. The van der Waals surface area contributed by atoms with Gasteiger partial charge in [-0.3, -0.25) is 4.79 Å². The first-order chi connectivity index (χ1) is 7.24. The first kappa shape index (κ1) is 10.4. The summed E-state index contributed by atoms with van der Waals surface area (Å²) < 4.78 is 5.72. The summed E-state index contributed by atoms with van der Waals surface area (Å²) in [4.78, 5) is 11.7. The number of carbonyl (C=O) groups excluding carboxylic acids is 1. The van der Waals surface area contributed by atoms with E-state index in [4.69, 9.17) is 4.74 Å². The Morgan fingerprint density at radius 3 is 2.93 bits per heavy atom. The average molecular weight is 267 g/mol. The number of halogens is 1. The fourth-order valence-corrected chi connectivity index (χ4v) is 2.22. The van der Waals surface area contributed by atoms with Gasteiger partial charge in [-0.2, -0.15) is 0 Å². The summed E-state index contributed by atoms with van der Waals surface area (Å²) in [5.74, 6) is 0.758. The Morgan fingerprint density at radius 1 is 1.47 bits per heavy atom. The van der Waals surface area contributed by atoms with Crippen molar-refractivity contribution in [2.24, 2.45) is 0 Å². The van der Waals surface area contributed by atoms with E-state index in [-0.39, 0.29) is 16.7 Å². The highest BCUT2D eigenvalue weighted by Gasteiger charge is 2.34. The summed E-state index contributed by atoms with van der Waals surface area (Å²) in [6.45, 7) is 3.66. The fraction of sp³-hybridized carbons (Fsp3) is 0.250. The second-order valence-corrected chi connectivity index (χ2v) is 4.43. The van der Waals surface area contributed by atoms with Crippen molar-refractivity contribution in [3.8, 4) is 5.75 Å². The zero-order valence-electron chi connectivity index (χ0n) is 8.15. The maximum absolute atomic E-state index is 11.9. The second kappa shape index (κ2) is 4.19. The molecule has 1 aliphatic rings. The van der Waals surface area contributed by atoms with Crippen molar-refractivity contribution in [3.05, 3.63) is 42.5 Å². The molecule has 0 saturated heterocycles. The molecule has 0 bridgehead atoms. The van der Waals surface area contributed by atoms with Gasteiger partial charge in [-0.15, -0.1) is 6.58 Å². The Kier molecular flexibility index (Phi) is 2.91. The number of ketones is 1. The number of ether oxygens (including phenoxy) is 1. The molecule has 1 aliphatic heterocycles. The lowest BCUT2D eigenvalue weighted by Crippen LogP contribution is -2.37. The topological polar surface area (TPSA) is 26.3 Å². The van der Waals surface area contributed by atoms with Gasteiger partial charge in [-0.1, -0.05) is 34.1 Å². The molecule has 0 aliphatic carbocycles. The summed E-state index contributed by atoms with van der Waals surface area (Å²) in [5, 5.41) is 0. The van der Waals surface area contributed by atoms with Crippen LogP contribution >= 0.6 is 15.9 Å². The first-order valence-electron chi connectivity index (χ1n) is 4.79. The highest BCUT2D eigenvalue weighted by molar-refractivity contribution is 9.10. The summed E-state index contributed by atoms with van der Waals surface area (Å²) in [6.07, 6.45) is 2.28. The molecule has 0 saturated carbocycles. The normalized spacial score (nSPS) is 24.2. The Bertz CT molecular complexity index is 400. The molecule has 2 atom stereocenters. The molecule has 15 heavy (non-hydrogen) atoms. The molecule has 2 unspecified atom stereocenters. The quantitative estimate of drug-likeness (QED) is 0.608. The number of hydrogen-bond acceptors (Lipinski definition) is 2. The van der Waals surface area contributed by atoms with Crippen LogP contribution in [0, 0.1) is 0 Å². The van der Waals surface area contributed by atoms with Gasteiger partial charge < -0.3 is 4.74 Å². The molecule has 1 aromatic carbocycles. The van der Waals surface area contributed by atoms with Gasteiger partial charge in [-0.05, 0) is 12.1 Å². The van der Waals surface area contributed by atoms with Gasteiger partial charge in [0.25, 0.3) is 0 Å². The van der Waals surface area contributed by atoms with Crippen molar-refractivity contribution in [2.75, 3.05) is 0 Å². The molecule has 0 aromatic heterocycles. The van der Waals surface area contributed by atoms with Gasteiger partial charge in [0, 0.05) is 6.42 Å². The molecular formula is C12H11BrO2. The third kappa shape index (κ3) is 1.84. The summed E-state index contributed by atoms with van der Waals surface area (Å²) >= 11 is 3.37. The van der Waals surface area contributed by atoms with E-state index in [1.807, 2.05) is 18.2 Å². The van der Waals surface area contributed by atoms with E-state index in [0.717, 1.165) is 0 Å². The minimum absolute atomic E-state index is 0.0868. The minimum atomic E-state index is -0.273. The molecule has 0 radical (unpaired) electrons. The smallest absolute Gasteiger partial charge is 0.183 e. The Morgan fingerprint density at radius 2 is 2.20 bits per heavy atom. The largest absolute Gasteiger partial charge is 0.488 e. The Balaban J connectivity index is 2.36. The van der Waals surface area contributed by atoms with Gasteiger partial charge in [0.15, 0.2) is 5.78 Å². The summed E-state index contributed by atoms with van der Waals surface area (Å²) in [5.41, 5.74) is 0.652. The van der Waals surface area contributed by atoms with Gasteiger partial charge >= 0.3 is 0 Å². The summed E-state index contributed by atoms with van der Waals surface area (Å²) in [7, 11) is 0. The third-order valence-electron chi connectivity index (χ3n) is 2.41. The van der Waals surface area contributed by atoms with Gasteiger partial charge in [0.2, 0.25) is 0 Å². The number of alkyl halides is 1. The molecule has 0 amide bonds. The van der Waals surface area contributed by atoms with Crippen LogP contribution in [-0.2, 0) is 0 Å². The molecule has 0 N–H and O–H groups in total. The number of para-hydroxylation sites is 1. The predicted octanol–water partition coefficient (Wildman–Crippen LogP) is 2.97. The molecule has 1 heterocycles. The predicted molar refractivity (Wildman–Crippen MR) is 62.7 cm³/mol. The van der Waals surface area contributed by atoms with Crippen molar-refractivity contribution >= 4 is 21.7 Å². The van der Waals surface area contributed by atoms with Crippen LogP contribution in [0.3, 0.4) is 0 Å². The van der Waals surface area contributed by atoms with Gasteiger partial charge in [0.05, 0.1) is 5.56 Å². The van der Waals surface area contributed by atoms with E-state index in [2.05, 4.69) is 22.5 Å². The number of Topliss-reactive ketones (excluding diaryl/α,β-unsaturated/α-hetero) is 1. The molecule has 1 aromatic rings. The van der Waals surface area contributed by atoms with Crippen LogP contribution in [0.25, 0.3) is 0 Å². The lowest BCUT2D eigenvalue weighted by molar-refractivity contribution is 0.0876. The van der Waals surface area contributed by atoms with Crippen molar-refractivity contribution in [1.29, 1.82) is 0 Å². The van der Waals surface area contributed by atoms with E-state index in [9.17, 15) is 4.79 Å². The number of benzene rings is 1. The minimum Gasteiger partial charge on any atom is -0.488 e. The standard InChI is InChI=1S/C12H11BrO2/c1-2-5-10-11(13)12(14)8-6-3-4-7-9(8)15-10/h2-4,6-7,10-11H,1,5H2. The van der Waals surface area contributed by atoms with E-state index in [0.29, 0.717) is 17.7 Å². The van der Waals surface area contributed by atoms with E-state index in [1.54, 1.807) is 12.1 Å². The number of fused-ring (bicyclic) bond motifs is 1. The monoisotopic (exact) mass is 266 g/mol. The molecule has 0 spiro atoms. The molecule has 78 valence electrons. The Labute approximate surface area is 97.1 Å². The SMILES string of the molecule is C=CCC1Oc2ccccc2C(=O)C1Br. The van der Waals surface area contributed by atoms with E-state index >= 15 is 0 Å². The van der Waals surface area contributed by atoms with Crippen LogP contribution in [0.15, 0.2) is 36.9 Å². The number of hydrogen-bond donors (Lipinski definition) is 0.